The second-order valence-electron chi connectivity index (χ2n) is 7.48. The Labute approximate surface area is 182 Å². The summed E-state index contributed by atoms with van der Waals surface area (Å²) in [6.07, 6.45) is 4.22. The lowest BCUT2D eigenvalue weighted by Gasteiger charge is -2.15. The van der Waals surface area contributed by atoms with Crippen molar-refractivity contribution in [2.75, 3.05) is 26.1 Å². The van der Waals surface area contributed by atoms with Crippen LogP contribution < -0.4 is 19.5 Å². The minimum atomic E-state index is -3.76. The highest BCUT2D eigenvalue weighted by molar-refractivity contribution is 7.89. The molecule has 2 aromatic rings. The largest absolute Gasteiger partial charge is 0.493 e. The summed E-state index contributed by atoms with van der Waals surface area (Å²) in [5.74, 6) is 0.0671. The number of hydrogen-bond donors (Lipinski definition) is 3. The van der Waals surface area contributed by atoms with E-state index in [1.165, 1.54) is 18.2 Å². The number of benzene rings is 2. The first-order valence-electron chi connectivity index (χ1n) is 10.2. The van der Waals surface area contributed by atoms with Crippen molar-refractivity contribution in [3.05, 3.63) is 47.5 Å². The Balaban J connectivity index is 1.71. The van der Waals surface area contributed by atoms with Gasteiger partial charge in [-0.25, -0.2) is 17.9 Å². The molecule has 1 fully saturated rings. The Morgan fingerprint density at radius 3 is 2.42 bits per heavy atom. The number of methoxy groups -OCH3 is 2. The van der Waals surface area contributed by atoms with Crippen LogP contribution in [0.3, 0.4) is 0 Å². The molecular formula is C22H28N2O6S. The van der Waals surface area contributed by atoms with Gasteiger partial charge in [0.2, 0.25) is 10.0 Å². The van der Waals surface area contributed by atoms with E-state index in [0.717, 1.165) is 31.2 Å². The molecule has 0 aliphatic heterocycles. The summed E-state index contributed by atoms with van der Waals surface area (Å²) in [6.45, 7) is 0.460. The van der Waals surface area contributed by atoms with Gasteiger partial charge in [0.15, 0.2) is 11.5 Å². The molecule has 0 spiro atoms. The summed E-state index contributed by atoms with van der Waals surface area (Å²) in [6, 6.07) is 9.64. The lowest BCUT2D eigenvalue weighted by Crippen LogP contribution is -2.32. The Kier molecular flexibility index (Phi) is 7.40. The molecule has 0 bridgehead atoms. The van der Waals surface area contributed by atoms with Crippen LogP contribution in [0.1, 0.15) is 41.6 Å². The third kappa shape index (κ3) is 5.68. The van der Waals surface area contributed by atoms with E-state index < -0.39 is 16.0 Å². The summed E-state index contributed by atoms with van der Waals surface area (Å²) in [5, 5.41) is 12.7. The van der Waals surface area contributed by atoms with Gasteiger partial charge in [0.1, 0.15) is 0 Å². The van der Waals surface area contributed by atoms with E-state index >= 15 is 0 Å². The average molecular weight is 449 g/mol. The van der Waals surface area contributed by atoms with Crippen molar-refractivity contribution in [3.8, 4) is 11.5 Å². The fraction of sp³-hybridized carbons (Fsp3) is 0.409. The van der Waals surface area contributed by atoms with Gasteiger partial charge in [-0.15, -0.1) is 0 Å². The lowest BCUT2D eigenvalue weighted by molar-refractivity contribution is 0.0697. The summed E-state index contributed by atoms with van der Waals surface area (Å²) in [7, 11) is -0.626. The zero-order valence-electron chi connectivity index (χ0n) is 17.7. The SMILES string of the molecule is COc1ccc(CCNc2ccc(S(=O)(=O)NC3CCCC3)cc2C(=O)O)cc1OC. The molecular weight excluding hydrogens is 420 g/mol. The Morgan fingerprint density at radius 2 is 1.77 bits per heavy atom. The van der Waals surface area contributed by atoms with E-state index in [1.54, 1.807) is 14.2 Å². The minimum Gasteiger partial charge on any atom is -0.493 e. The van der Waals surface area contributed by atoms with Crippen LogP contribution in [0.5, 0.6) is 11.5 Å². The fourth-order valence-electron chi connectivity index (χ4n) is 3.73. The molecule has 0 saturated heterocycles. The number of rotatable bonds is 10. The van der Waals surface area contributed by atoms with Crippen molar-refractivity contribution in [2.24, 2.45) is 0 Å². The number of carbonyl (C=O) groups is 1. The second kappa shape index (κ2) is 10.0. The summed E-state index contributed by atoms with van der Waals surface area (Å²) < 4.78 is 38.5. The predicted octanol–water partition coefficient (Wildman–Crippen LogP) is 3.28. The normalized spacial score (nSPS) is 14.4. The topological polar surface area (TPSA) is 114 Å². The van der Waals surface area contributed by atoms with Gasteiger partial charge in [-0.05, 0) is 55.2 Å². The van der Waals surface area contributed by atoms with E-state index in [0.29, 0.717) is 30.2 Å². The van der Waals surface area contributed by atoms with Gasteiger partial charge in [0.25, 0.3) is 0 Å². The molecule has 168 valence electrons. The number of sulfonamides is 1. The summed E-state index contributed by atoms with van der Waals surface area (Å²) in [4.78, 5) is 11.7. The molecule has 0 radical (unpaired) electrons. The first kappa shape index (κ1) is 22.9. The Morgan fingerprint density at radius 1 is 1.06 bits per heavy atom. The van der Waals surface area contributed by atoms with Crippen molar-refractivity contribution in [3.63, 3.8) is 0 Å². The maximum Gasteiger partial charge on any atom is 0.337 e. The van der Waals surface area contributed by atoms with Gasteiger partial charge >= 0.3 is 5.97 Å². The van der Waals surface area contributed by atoms with Gasteiger partial charge < -0.3 is 19.9 Å². The van der Waals surface area contributed by atoms with Crippen LogP contribution in [0.15, 0.2) is 41.3 Å². The molecule has 1 saturated carbocycles. The van der Waals surface area contributed by atoms with Crippen molar-refractivity contribution in [1.29, 1.82) is 0 Å². The molecule has 0 heterocycles. The van der Waals surface area contributed by atoms with Crippen molar-refractivity contribution < 1.29 is 27.8 Å². The van der Waals surface area contributed by atoms with Gasteiger partial charge in [-0.3, -0.25) is 0 Å². The fourth-order valence-corrected chi connectivity index (χ4v) is 5.06. The number of anilines is 1. The summed E-state index contributed by atoms with van der Waals surface area (Å²) >= 11 is 0. The van der Waals surface area contributed by atoms with Gasteiger partial charge in [0.05, 0.1) is 24.7 Å². The third-order valence-corrected chi connectivity index (χ3v) is 6.90. The number of ether oxygens (including phenoxy) is 2. The minimum absolute atomic E-state index is 0.0396. The Bertz CT molecular complexity index is 1030. The highest BCUT2D eigenvalue weighted by Crippen LogP contribution is 2.28. The molecule has 9 heteroatoms. The molecule has 1 aliphatic rings. The Hall–Kier alpha value is -2.78. The predicted molar refractivity (Wildman–Crippen MR) is 118 cm³/mol. The van der Waals surface area contributed by atoms with E-state index in [-0.39, 0.29) is 16.5 Å². The highest BCUT2D eigenvalue weighted by Gasteiger charge is 2.24. The van der Waals surface area contributed by atoms with Crippen LogP contribution in [0.25, 0.3) is 0 Å². The standard InChI is InChI=1S/C22H28N2O6S/c1-29-20-10-7-15(13-21(20)30-2)11-12-23-19-9-8-17(14-18(19)22(25)26)31(27,28)24-16-5-3-4-6-16/h7-10,13-14,16,23-24H,3-6,11-12H2,1-2H3,(H,25,26). The van der Waals surface area contributed by atoms with Crippen molar-refractivity contribution in [1.82, 2.24) is 4.72 Å². The number of carboxylic acids is 1. The lowest BCUT2D eigenvalue weighted by atomic mass is 10.1. The van der Waals surface area contributed by atoms with Gasteiger partial charge in [-0.2, -0.15) is 0 Å². The maximum absolute atomic E-state index is 12.6. The highest BCUT2D eigenvalue weighted by atomic mass is 32.2. The van der Waals surface area contributed by atoms with Gasteiger partial charge in [0, 0.05) is 18.3 Å². The molecule has 3 N–H and O–H groups in total. The number of carboxylic acid groups (broad SMARTS) is 1. The van der Waals surface area contributed by atoms with E-state index in [4.69, 9.17) is 9.47 Å². The molecule has 0 amide bonds. The molecule has 0 aromatic heterocycles. The van der Waals surface area contributed by atoms with E-state index in [2.05, 4.69) is 10.0 Å². The molecule has 1 aliphatic carbocycles. The first-order valence-corrected chi connectivity index (χ1v) is 11.7. The molecule has 0 atom stereocenters. The van der Waals surface area contributed by atoms with Crippen LogP contribution in [0, 0.1) is 0 Å². The van der Waals surface area contributed by atoms with Crippen LogP contribution in [0.2, 0.25) is 0 Å². The van der Waals surface area contributed by atoms with Crippen LogP contribution in [0.4, 0.5) is 5.69 Å². The first-order chi connectivity index (χ1) is 14.8. The molecule has 0 unspecified atom stereocenters. The third-order valence-electron chi connectivity index (χ3n) is 5.39. The number of aromatic carboxylic acids is 1. The molecule has 31 heavy (non-hydrogen) atoms. The smallest absolute Gasteiger partial charge is 0.337 e. The quantitative estimate of drug-likeness (QED) is 0.511. The number of nitrogens with one attached hydrogen (secondary N) is 2. The zero-order valence-corrected chi connectivity index (χ0v) is 18.5. The molecule has 2 aromatic carbocycles. The molecule has 8 nitrogen and oxygen atoms in total. The molecule has 3 rings (SSSR count). The maximum atomic E-state index is 12.6. The van der Waals surface area contributed by atoms with Crippen molar-refractivity contribution >= 4 is 21.7 Å². The second-order valence-corrected chi connectivity index (χ2v) is 9.20. The van der Waals surface area contributed by atoms with Crippen LogP contribution in [-0.2, 0) is 16.4 Å². The zero-order chi connectivity index (χ0) is 22.4. The summed E-state index contributed by atoms with van der Waals surface area (Å²) in [5.41, 5.74) is 1.27. The van der Waals surface area contributed by atoms with E-state index in [9.17, 15) is 18.3 Å². The van der Waals surface area contributed by atoms with Crippen molar-refractivity contribution in [2.45, 2.75) is 43.0 Å². The monoisotopic (exact) mass is 448 g/mol. The van der Waals surface area contributed by atoms with E-state index in [1.807, 2.05) is 18.2 Å². The average Bonchev–Trinajstić information content (AvgIpc) is 3.25. The van der Waals surface area contributed by atoms with Crippen LogP contribution in [-0.4, -0.2) is 46.3 Å². The number of hydrogen-bond acceptors (Lipinski definition) is 6. The van der Waals surface area contributed by atoms with Crippen LogP contribution >= 0.6 is 0 Å². The van der Waals surface area contributed by atoms with Gasteiger partial charge in [-0.1, -0.05) is 18.9 Å².